The van der Waals surface area contributed by atoms with Crippen LogP contribution in [0.1, 0.15) is 11.1 Å². The predicted octanol–water partition coefficient (Wildman–Crippen LogP) is 1.63. The van der Waals surface area contributed by atoms with Crippen LogP contribution in [0.15, 0.2) is 48.8 Å². The van der Waals surface area contributed by atoms with Gasteiger partial charge in [0.2, 0.25) is 5.91 Å². The lowest BCUT2D eigenvalue weighted by Crippen LogP contribution is -2.33. The molecule has 2 aromatic rings. The van der Waals surface area contributed by atoms with Gasteiger partial charge in [-0.05, 0) is 23.8 Å². The molecule has 0 aliphatic carbocycles. The number of pyridine rings is 1. The number of aromatic nitrogens is 1. The molecule has 0 bridgehead atoms. The number of amides is 1. The molecule has 0 aliphatic heterocycles. The summed E-state index contributed by atoms with van der Waals surface area (Å²) < 4.78 is 13.3. The van der Waals surface area contributed by atoms with Crippen molar-refractivity contribution in [3.63, 3.8) is 0 Å². The maximum atomic E-state index is 13.3. The first-order valence-electron chi connectivity index (χ1n) is 6.35. The van der Waals surface area contributed by atoms with Gasteiger partial charge in [0.25, 0.3) is 0 Å². The van der Waals surface area contributed by atoms with Crippen molar-refractivity contribution in [2.45, 2.75) is 13.1 Å². The Morgan fingerprint density at radius 3 is 2.60 bits per heavy atom. The van der Waals surface area contributed by atoms with Gasteiger partial charge in [-0.2, -0.15) is 0 Å². The van der Waals surface area contributed by atoms with Crippen LogP contribution < -0.4 is 10.6 Å². The van der Waals surface area contributed by atoms with Crippen LogP contribution in [0.5, 0.6) is 0 Å². The zero-order chi connectivity index (χ0) is 14.2. The molecule has 20 heavy (non-hydrogen) atoms. The highest BCUT2D eigenvalue weighted by atomic mass is 19.1. The number of hydrogen-bond donors (Lipinski definition) is 2. The van der Waals surface area contributed by atoms with Gasteiger partial charge in [0.1, 0.15) is 5.82 Å². The fraction of sp³-hybridized carbons (Fsp3) is 0.200. The molecule has 0 radical (unpaired) electrons. The number of rotatable bonds is 6. The molecule has 2 rings (SSSR count). The molecule has 2 N–H and O–H groups in total. The number of nitrogens with zero attached hydrogens (tertiary/aromatic N) is 1. The van der Waals surface area contributed by atoms with Gasteiger partial charge in [0.15, 0.2) is 0 Å². The number of carbonyl (C=O) groups excluding carboxylic acids is 1. The van der Waals surface area contributed by atoms with Gasteiger partial charge in [-0.1, -0.05) is 18.2 Å². The first-order valence-corrected chi connectivity index (χ1v) is 6.35. The first kappa shape index (κ1) is 14.1. The topological polar surface area (TPSA) is 54.0 Å². The molecule has 1 heterocycles. The molecule has 104 valence electrons. The minimum Gasteiger partial charge on any atom is -0.351 e. The summed E-state index contributed by atoms with van der Waals surface area (Å²) in [6.45, 7) is 0.942. The van der Waals surface area contributed by atoms with E-state index in [1.807, 2.05) is 12.1 Å². The average molecular weight is 273 g/mol. The average Bonchev–Trinajstić information content (AvgIpc) is 2.48. The van der Waals surface area contributed by atoms with E-state index in [4.69, 9.17) is 0 Å². The number of carbonyl (C=O) groups is 1. The summed E-state index contributed by atoms with van der Waals surface area (Å²) in [7, 11) is 0. The number of halogens is 1. The van der Waals surface area contributed by atoms with Crippen molar-refractivity contribution in [1.82, 2.24) is 15.6 Å². The van der Waals surface area contributed by atoms with E-state index in [0.29, 0.717) is 18.7 Å². The lowest BCUT2D eigenvalue weighted by Gasteiger charge is -2.07. The first-order chi connectivity index (χ1) is 9.75. The Bertz CT molecular complexity index is 560. The van der Waals surface area contributed by atoms with Crippen molar-refractivity contribution in [2.24, 2.45) is 0 Å². The summed E-state index contributed by atoms with van der Waals surface area (Å²) in [4.78, 5) is 15.5. The monoisotopic (exact) mass is 273 g/mol. The fourth-order valence-electron chi connectivity index (χ4n) is 1.72. The minimum absolute atomic E-state index is 0.127. The maximum absolute atomic E-state index is 13.3. The predicted molar refractivity (Wildman–Crippen MR) is 74.2 cm³/mol. The largest absolute Gasteiger partial charge is 0.351 e. The molecule has 0 atom stereocenters. The van der Waals surface area contributed by atoms with Crippen LogP contribution in [0.2, 0.25) is 0 Å². The van der Waals surface area contributed by atoms with E-state index in [0.717, 1.165) is 5.56 Å². The second-order valence-electron chi connectivity index (χ2n) is 4.33. The van der Waals surface area contributed by atoms with Crippen molar-refractivity contribution in [2.75, 3.05) is 6.54 Å². The summed E-state index contributed by atoms with van der Waals surface area (Å²) in [5, 5.41) is 5.69. The molecule has 0 unspecified atom stereocenters. The second-order valence-corrected chi connectivity index (χ2v) is 4.33. The van der Waals surface area contributed by atoms with Crippen LogP contribution >= 0.6 is 0 Å². The SMILES string of the molecule is O=C(CNCc1ccccc1F)NCc1ccncc1. The van der Waals surface area contributed by atoms with Gasteiger partial charge in [-0.15, -0.1) is 0 Å². The number of nitrogens with one attached hydrogen (secondary N) is 2. The Labute approximate surface area is 117 Å². The van der Waals surface area contributed by atoms with E-state index < -0.39 is 0 Å². The number of hydrogen-bond acceptors (Lipinski definition) is 3. The van der Waals surface area contributed by atoms with Crippen LogP contribution in [0, 0.1) is 5.82 Å². The van der Waals surface area contributed by atoms with Gasteiger partial charge in [-0.3, -0.25) is 9.78 Å². The van der Waals surface area contributed by atoms with Gasteiger partial charge in [0, 0.05) is 31.0 Å². The van der Waals surface area contributed by atoms with E-state index in [1.165, 1.54) is 6.07 Å². The third-order valence-corrected chi connectivity index (χ3v) is 2.80. The standard InChI is InChI=1S/C15H16FN3O/c16-14-4-2-1-3-13(14)10-18-11-15(20)19-9-12-5-7-17-8-6-12/h1-8,18H,9-11H2,(H,19,20). The molecular weight excluding hydrogens is 257 g/mol. The Kier molecular flexibility index (Phi) is 5.20. The Hall–Kier alpha value is -2.27. The van der Waals surface area contributed by atoms with E-state index in [1.54, 1.807) is 30.6 Å². The summed E-state index contributed by atoms with van der Waals surface area (Å²) >= 11 is 0. The van der Waals surface area contributed by atoms with Crippen LogP contribution in [0.4, 0.5) is 4.39 Å². The number of benzene rings is 1. The molecule has 0 saturated heterocycles. The molecule has 1 aromatic heterocycles. The highest BCUT2D eigenvalue weighted by molar-refractivity contribution is 5.77. The van der Waals surface area contributed by atoms with Gasteiger partial charge in [0.05, 0.1) is 6.54 Å². The van der Waals surface area contributed by atoms with Gasteiger partial charge < -0.3 is 10.6 Å². The van der Waals surface area contributed by atoms with Crippen LogP contribution in [0.25, 0.3) is 0 Å². The van der Waals surface area contributed by atoms with Gasteiger partial charge in [-0.25, -0.2) is 4.39 Å². The molecule has 4 nitrogen and oxygen atoms in total. The summed E-state index contributed by atoms with van der Waals surface area (Å²) in [5.41, 5.74) is 1.54. The van der Waals surface area contributed by atoms with Crippen molar-refractivity contribution >= 4 is 5.91 Å². The highest BCUT2D eigenvalue weighted by Crippen LogP contribution is 2.05. The molecule has 0 fully saturated rings. The Morgan fingerprint density at radius 2 is 1.85 bits per heavy atom. The maximum Gasteiger partial charge on any atom is 0.234 e. The molecular formula is C15H16FN3O. The van der Waals surface area contributed by atoms with Crippen molar-refractivity contribution in [1.29, 1.82) is 0 Å². The Morgan fingerprint density at radius 1 is 1.10 bits per heavy atom. The molecule has 1 aromatic carbocycles. The molecule has 1 amide bonds. The molecule has 0 aliphatic rings. The van der Waals surface area contributed by atoms with E-state index >= 15 is 0 Å². The second kappa shape index (κ2) is 7.35. The smallest absolute Gasteiger partial charge is 0.234 e. The zero-order valence-corrected chi connectivity index (χ0v) is 11.0. The molecule has 0 spiro atoms. The van der Waals surface area contributed by atoms with E-state index in [9.17, 15) is 9.18 Å². The summed E-state index contributed by atoms with van der Waals surface area (Å²) in [5.74, 6) is -0.393. The van der Waals surface area contributed by atoms with Crippen LogP contribution in [0.3, 0.4) is 0 Å². The van der Waals surface area contributed by atoms with Crippen molar-refractivity contribution in [3.05, 3.63) is 65.7 Å². The van der Waals surface area contributed by atoms with Crippen molar-refractivity contribution < 1.29 is 9.18 Å². The van der Waals surface area contributed by atoms with Crippen LogP contribution in [-0.2, 0) is 17.9 Å². The van der Waals surface area contributed by atoms with Crippen LogP contribution in [-0.4, -0.2) is 17.4 Å². The third kappa shape index (κ3) is 4.44. The summed E-state index contributed by atoms with van der Waals surface area (Å²) in [6, 6.07) is 10.2. The zero-order valence-electron chi connectivity index (χ0n) is 11.0. The molecule has 5 heteroatoms. The van der Waals surface area contributed by atoms with Crippen molar-refractivity contribution in [3.8, 4) is 0 Å². The highest BCUT2D eigenvalue weighted by Gasteiger charge is 2.03. The molecule has 0 saturated carbocycles. The lowest BCUT2D eigenvalue weighted by atomic mass is 10.2. The quantitative estimate of drug-likeness (QED) is 0.841. The normalized spacial score (nSPS) is 10.2. The Balaban J connectivity index is 1.69. The van der Waals surface area contributed by atoms with E-state index in [2.05, 4.69) is 15.6 Å². The summed E-state index contributed by atoms with van der Waals surface area (Å²) in [6.07, 6.45) is 3.36. The lowest BCUT2D eigenvalue weighted by molar-refractivity contribution is -0.120. The van der Waals surface area contributed by atoms with Gasteiger partial charge >= 0.3 is 0 Å². The minimum atomic E-state index is -0.266. The fourth-order valence-corrected chi connectivity index (χ4v) is 1.72. The van der Waals surface area contributed by atoms with E-state index in [-0.39, 0.29) is 18.3 Å². The third-order valence-electron chi connectivity index (χ3n) is 2.80.